The highest BCUT2D eigenvalue weighted by molar-refractivity contribution is 5.75. The number of hydrogen-bond acceptors (Lipinski definition) is 3. The molecule has 0 spiro atoms. The Morgan fingerprint density at radius 1 is 1.36 bits per heavy atom. The minimum Gasteiger partial charge on any atom is -0.383 e. The van der Waals surface area contributed by atoms with Crippen LogP contribution in [0, 0.1) is 0 Å². The zero-order valence-electron chi connectivity index (χ0n) is 8.78. The number of rotatable bonds is 7. The predicted molar refractivity (Wildman–Crippen MR) is 54.1 cm³/mol. The Bertz CT molecular complexity index is 165. The second-order valence-electron chi connectivity index (χ2n) is 2.63. The molecule has 2 amide bonds. The first-order valence-corrected chi connectivity index (χ1v) is 4.40. The molecule has 0 atom stereocenters. The first-order chi connectivity index (χ1) is 6.76. The second-order valence-corrected chi connectivity index (χ2v) is 2.63. The number of nitrogens with one attached hydrogen (secondary N) is 1. The molecule has 0 heterocycles. The van der Waals surface area contributed by atoms with E-state index in [9.17, 15) is 4.79 Å². The van der Waals surface area contributed by atoms with Gasteiger partial charge in [0.1, 0.15) is 0 Å². The van der Waals surface area contributed by atoms with Gasteiger partial charge in [-0.2, -0.15) is 0 Å². The summed E-state index contributed by atoms with van der Waals surface area (Å²) in [6.07, 6.45) is 1.36. The molecule has 0 unspecified atom stereocenters. The fourth-order valence-corrected chi connectivity index (χ4v) is 0.896. The molecule has 14 heavy (non-hydrogen) atoms. The Balaban J connectivity index is 3.93. The van der Waals surface area contributed by atoms with Gasteiger partial charge in [0, 0.05) is 27.3 Å². The zero-order valence-corrected chi connectivity index (χ0v) is 8.78. The number of carbonyl (C=O) groups excluding carboxylic acids is 1. The number of nitrogens with zero attached hydrogens (tertiary/aromatic N) is 1. The molecule has 0 bridgehead atoms. The van der Waals surface area contributed by atoms with Crippen LogP contribution < -0.4 is 5.32 Å². The number of amides is 2. The standard InChI is InChI=1S/C9H18N2O3/c1-4-10-9(12)11(5-7-13-2)6-8-14-3/h4H,1,5-8H2,2-3H3,(H,10,12). The maximum Gasteiger partial charge on any atom is 0.321 e. The van der Waals surface area contributed by atoms with Crippen LogP contribution in [0.1, 0.15) is 0 Å². The van der Waals surface area contributed by atoms with Crippen molar-refractivity contribution in [1.82, 2.24) is 10.2 Å². The Morgan fingerprint density at radius 3 is 2.21 bits per heavy atom. The first-order valence-electron chi connectivity index (χ1n) is 4.40. The van der Waals surface area contributed by atoms with Crippen LogP contribution in [-0.2, 0) is 9.47 Å². The van der Waals surface area contributed by atoms with E-state index < -0.39 is 0 Å². The van der Waals surface area contributed by atoms with Crippen LogP contribution >= 0.6 is 0 Å². The van der Waals surface area contributed by atoms with Gasteiger partial charge in [0.2, 0.25) is 0 Å². The topological polar surface area (TPSA) is 50.8 Å². The number of urea groups is 1. The summed E-state index contributed by atoms with van der Waals surface area (Å²) in [5.74, 6) is 0. The van der Waals surface area contributed by atoms with E-state index in [2.05, 4.69) is 11.9 Å². The van der Waals surface area contributed by atoms with Gasteiger partial charge >= 0.3 is 6.03 Å². The molecule has 0 radical (unpaired) electrons. The van der Waals surface area contributed by atoms with Crippen LogP contribution in [0.2, 0.25) is 0 Å². The summed E-state index contributed by atoms with van der Waals surface area (Å²) in [5.41, 5.74) is 0. The molecule has 0 aromatic carbocycles. The van der Waals surface area contributed by atoms with Gasteiger partial charge in [-0.15, -0.1) is 0 Å². The number of carbonyl (C=O) groups is 1. The molecule has 82 valence electrons. The molecule has 0 rings (SSSR count). The second kappa shape index (κ2) is 8.52. The molecule has 0 aliphatic heterocycles. The lowest BCUT2D eigenvalue weighted by atomic mass is 10.5. The van der Waals surface area contributed by atoms with Gasteiger partial charge < -0.3 is 19.7 Å². The summed E-state index contributed by atoms with van der Waals surface area (Å²) in [5, 5.41) is 2.50. The fraction of sp³-hybridized carbons (Fsp3) is 0.667. The summed E-state index contributed by atoms with van der Waals surface area (Å²) in [6.45, 7) is 5.52. The molecule has 5 nitrogen and oxygen atoms in total. The van der Waals surface area contributed by atoms with Crippen molar-refractivity contribution in [3.05, 3.63) is 12.8 Å². The molecule has 0 saturated carbocycles. The molecule has 0 fully saturated rings. The Morgan fingerprint density at radius 2 is 1.86 bits per heavy atom. The molecular weight excluding hydrogens is 184 g/mol. The fourth-order valence-electron chi connectivity index (χ4n) is 0.896. The van der Waals surface area contributed by atoms with Gasteiger partial charge in [-0.3, -0.25) is 0 Å². The molecule has 0 aliphatic carbocycles. The van der Waals surface area contributed by atoms with Gasteiger partial charge in [-0.1, -0.05) is 6.58 Å². The van der Waals surface area contributed by atoms with Crippen LogP contribution in [0.3, 0.4) is 0 Å². The van der Waals surface area contributed by atoms with Crippen molar-refractivity contribution in [2.45, 2.75) is 0 Å². The SMILES string of the molecule is C=CNC(=O)N(CCOC)CCOC. The molecule has 0 saturated heterocycles. The summed E-state index contributed by atoms with van der Waals surface area (Å²) in [4.78, 5) is 13.0. The monoisotopic (exact) mass is 202 g/mol. The summed E-state index contributed by atoms with van der Waals surface area (Å²) in [7, 11) is 3.19. The highest BCUT2D eigenvalue weighted by Crippen LogP contribution is 1.90. The van der Waals surface area contributed by atoms with Crippen LogP contribution in [0.5, 0.6) is 0 Å². The van der Waals surface area contributed by atoms with Crippen LogP contribution in [0.15, 0.2) is 12.8 Å². The third-order valence-electron chi connectivity index (χ3n) is 1.64. The van der Waals surface area contributed by atoms with E-state index in [4.69, 9.17) is 9.47 Å². The van der Waals surface area contributed by atoms with Gasteiger partial charge in [-0.05, 0) is 6.20 Å². The number of methoxy groups -OCH3 is 2. The van der Waals surface area contributed by atoms with E-state index in [1.807, 2.05) is 0 Å². The van der Waals surface area contributed by atoms with Crippen molar-refractivity contribution in [3.8, 4) is 0 Å². The van der Waals surface area contributed by atoms with Crippen molar-refractivity contribution in [2.24, 2.45) is 0 Å². The zero-order chi connectivity index (χ0) is 10.8. The maximum absolute atomic E-state index is 11.4. The Kier molecular flexibility index (Phi) is 7.87. The van der Waals surface area contributed by atoms with E-state index in [1.54, 1.807) is 19.1 Å². The average Bonchev–Trinajstić information content (AvgIpc) is 2.18. The van der Waals surface area contributed by atoms with E-state index in [1.165, 1.54) is 6.20 Å². The predicted octanol–water partition coefficient (Wildman–Crippen LogP) is 0.434. The minimum atomic E-state index is -0.186. The number of hydrogen-bond donors (Lipinski definition) is 1. The number of ether oxygens (including phenoxy) is 2. The lowest BCUT2D eigenvalue weighted by Gasteiger charge is -2.21. The Hall–Kier alpha value is -1.07. The molecule has 0 aliphatic rings. The third-order valence-corrected chi connectivity index (χ3v) is 1.64. The summed E-state index contributed by atoms with van der Waals surface area (Å²) in [6, 6.07) is -0.186. The summed E-state index contributed by atoms with van der Waals surface area (Å²) >= 11 is 0. The van der Waals surface area contributed by atoms with Crippen LogP contribution in [-0.4, -0.2) is 51.5 Å². The smallest absolute Gasteiger partial charge is 0.321 e. The molecular formula is C9H18N2O3. The lowest BCUT2D eigenvalue weighted by molar-refractivity contribution is 0.124. The lowest BCUT2D eigenvalue weighted by Crippen LogP contribution is -2.41. The van der Waals surface area contributed by atoms with E-state index >= 15 is 0 Å². The van der Waals surface area contributed by atoms with Crippen molar-refractivity contribution in [2.75, 3.05) is 40.5 Å². The van der Waals surface area contributed by atoms with Crippen LogP contribution in [0.4, 0.5) is 4.79 Å². The van der Waals surface area contributed by atoms with E-state index in [0.29, 0.717) is 26.3 Å². The molecule has 0 aromatic heterocycles. The molecule has 0 aromatic rings. The largest absolute Gasteiger partial charge is 0.383 e. The molecule has 1 N–H and O–H groups in total. The third kappa shape index (κ3) is 5.55. The van der Waals surface area contributed by atoms with Crippen molar-refractivity contribution in [1.29, 1.82) is 0 Å². The quantitative estimate of drug-likeness (QED) is 0.651. The van der Waals surface area contributed by atoms with Gasteiger partial charge in [0.05, 0.1) is 13.2 Å². The molecule has 5 heteroatoms. The van der Waals surface area contributed by atoms with E-state index in [-0.39, 0.29) is 6.03 Å². The maximum atomic E-state index is 11.4. The van der Waals surface area contributed by atoms with Gasteiger partial charge in [0.25, 0.3) is 0 Å². The van der Waals surface area contributed by atoms with Crippen molar-refractivity contribution >= 4 is 6.03 Å². The first kappa shape index (κ1) is 12.9. The minimum absolute atomic E-state index is 0.186. The van der Waals surface area contributed by atoms with Crippen LogP contribution in [0.25, 0.3) is 0 Å². The Labute approximate surface area is 84.7 Å². The normalized spacial score (nSPS) is 9.57. The van der Waals surface area contributed by atoms with E-state index in [0.717, 1.165) is 0 Å². The van der Waals surface area contributed by atoms with Gasteiger partial charge in [0.15, 0.2) is 0 Å². The average molecular weight is 202 g/mol. The summed E-state index contributed by atoms with van der Waals surface area (Å²) < 4.78 is 9.78. The van der Waals surface area contributed by atoms with Gasteiger partial charge in [-0.25, -0.2) is 4.79 Å². The highest BCUT2D eigenvalue weighted by atomic mass is 16.5. The van der Waals surface area contributed by atoms with Crippen molar-refractivity contribution < 1.29 is 14.3 Å². The van der Waals surface area contributed by atoms with Crippen molar-refractivity contribution in [3.63, 3.8) is 0 Å². The highest BCUT2D eigenvalue weighted by Gasteiger charge is 2.10.